The summed E-state index contributed by atoms with van der Waals surface area (Å²) < 4.78 is 0. The largest absolute Gasteiger partial charge is 0.369 e. The van der Waals surface area contributed by atoms with E-state index in [9.17, 15) is 4.79 Å². The van der Waals surface area contributed by atoms with E-state index in [1.807, 2.05) is 25.1 Å². The van der Waals surface area contributed by atoms with Gasteiger partial charge in [-0.1, -0.05) is 49.0 Å². The summed E-state index contributed by atoms with van der Waals surface area (Å²) in [6.45, 7) is 1.95. The molecule has 0 saturated heterocycles. The number of aromatic nitrogens is 2. The van der Waals surface area contributed by atoms with Gasteiger partial charge in [0.15, 0.2) is 0 Å². The number of nitrogens with zero attached hydrogens (tertiary/aromatic N) is 2. The molecule has 1 amide bonds. The molecule has 3 aromatic rings. The normalized spacial score (nSPS) is 12.4. The van der Waals surface area contributed by atoms with Crippen LogP contribution in [0.4, 0.5) is 0 Å². The maximum atomic E-state index is 11.5. The number of rotatable bonds is 5. The first-order valence-corrected chi connectivity index (χ1v) is 8.64. The Hall–Kier alpha value is -1.92. The van der Waals surface area contributed by atoms with Gasteiger partial charge >= 0.3 is 0 Å². The number of thioether (sulfide) groups is 1. The lowest BCUT2D eigenvalue weighted by Gasteiger charge is -2.09. The van der Waals surface area contributed by atoms with E-state index in [1.54, 1.807) is 17.7 Å². The van der Waals surface area contributed by atoms with E-state index < -0.39 is 0 Å². The minimum atomic E-state index is -0.308. The first kappa shape index (κ1) is 15.0. The summed E-state index contributed by atoms with van der Waals surface area (Å²) in [5, 5.41) is 1.53. The third kappa shape index (κ3) is 2.98. The number of fused-ring (bicyclic) bond motifs is 1. The van der Waals surface area contributed by atoms with Crippen molar-refractivity contribution in [3.05, 3.63) is 42.7 Å². The van der Waals surface area contributed by atoms with Crippen LogP contribution >= 0.6 is 23.1 Å². The number of hydrogen-bond acceptors (Lipinski definition) is 5. The molecular formula is C16H15N3OS2. The van der Waals surface area contributed by atoms with Gasteiger partial charge in [0.2, 0.25) is 5.91 Å². The molecule has 1 unspecified atom stereocenters. The molecule has 1 atom stereocenters. The lowest BCUT2D eigenvalue weighted by molar-refractivity contribution is -0.117. The fourth-order valence-corrected chi connectivity index (χ4v) is 4.16. The lowest BCUT2D eigenvalue weighted by Crippen LogP contribution is -2.24. The van der Waals surface area contributed by atoms with E-state index in [2.05, 4.69) is 28.2 Å². The summed E-state index contributed by atoms with van der Waals surface area (Å²) in [6.07, 6.45) is 2.23. The number of primary amides is 1. The zero-order chi connectivity index (χ0) is 15.5. The molecule has 4 nitrogen and oxygen atoms in total. The van der Waals surface area contributed by atoms with E-state index >= 15 is 0 Å². The van der Waals surface area contributed by atoms with Gasteiger partial charge in [-0.2, -0.15) is 0 Å². The van der Waals surface area contributed by atoms with Crippen molar-refractivity contribution in [1.29, 1.82) is 0 Å². The van der Waals surface area contributed by atoms with Crippen LogP contribution in [0.15, 0.2) is 47.8 Å². The molecule has 0 spiro atoms. The van der Waals surface area contributed by atoms with Crippen molar-refractivity contribution in [3.8, 4) is 10.4 Å². The first-order chi connectivity index (χ1) is 10.7. The second-order valence-electron chi connectivity index (χ2n) is 4.79. The molecule has 6 heteroatoms. The Kier molecular flexibility index (Phi) is 4.40. The Morgan fingerprint density at radius 1 is 1.32 bits per heavy atom. The van der Waals surface area contributed by atoms with Crippen molar-refractivity contribution in [2.45, 2.75) is 23.6 Å². The summed E-state index contributed by atoms with van der Waals surface area (Å²) in [6, 6.07) is 12.3. The molecule has 0 aliphatic carbocycles. The van der Waals surface area contributed by atoms with Crippen LogP contribution in [0, 0.1) is 0 Å². The Morgan fingerprint density at radius 2 is 2.09 bits per heavy atom. The molecule has 1 aromatic carbocycles. The highest BCUT2D eigenvalue weighted by Crippen LogP contribution is 2.37. The van der Waals surface area contributed by atoms with Crippen molar-refractivity contribution in [3.63, 3.8) is 0 Å². The van der Waals surface area contributed by atoms with Gasteiger partial charge in [0.05, 0.1) is 5.25 Å². The standard InChI is InChI=1S/C16H15N3OS2/c1-2-12(14(17)20)21-15-11-8-13(10-6-4-3-5-7-10)22-16(11)19-9-18-15/h3-9,12H,2H2,1H3,(H2,17,20). The minimum absolute atomic E-state index is 0.266. The molecule has 0 aliphatic heterocycles. The molecule has 0 aliphatic rings. The van der Waals surface area contributed by atoms with Gasteiger partial charge in [0.25, 0.3) is 0 Å². The highest BCUT2D eigenvalue weighted by molar-refractivity contribution is 8.00. The van der Waals surface area contributed by atoms with Crippen LogP contribution < -0.4 is 5.73 Å². The zero-order valence-electron chi connectivity index (χ0n) is 12.0. The van der Waals surface area contributed by atoms with Gasteiger partial charge in [0.1, 0.15) is 16.2 Å². The molecular weight excluding hydrogens is 314 g/mol. The van der Waals surface area contributed by atoms with E-state index in [4.69, 9.17) is 5.73 Å². The Labute approximate surface area is 136 Å². The molecule has 3 rings (SSSR count). The van der Waals surface area contributed by atoms with E-state index in [1.165, 1.54) is 11.8 Å². The summed E-state index contributed by atoms with van der Waals surface area (Å²) in [4.78, 5) is 22.2. The van der Waals surface area contributed by atoms with Crippen LogP contribution in [0.5, 0.6) is 0 Å². The predicted molar refractivity (Wildman–Crippen MR) is 92.0 cm³/mol. The molecule has 112 valence electrons. The maximum absolute atomic E-state index is 11.5. The van der Waals surface area contributed by atoms with Gasteiger partial charge in [-0.05, 0) is 18.1 Å². The summed E-state index contributed by atoms with van der Waals surface area (Å²) >= 11 is 3.04. The van der Waals surface area contributed by atoms with Crippen LogP contribution in [0.2, 0.25) is 0 Å². The fraction of sp³-hybridized carbons (Fsp3) is 0.188. The second kappa shape index (κ2) is 6.46. The number of thiophene rings is 1. The predicted octanol–water partition coefficient (Wildman–Crippen LogP) is 3.71. The molecule has 2 aromatic heterocycles. The molecule has 0 radical (unpaired) electrons. The Balaban J connectivity index is 2.02. The second-order valence-corrected chi connectivity index (χ2v) is 7.01. The third-order valence-corrected chi connectivity index (χ3v) is 5.78. The van der Waals surface area contributed by atoms with Crippen LogP contribution in [0.1, 0.15) is 13.3 Å². The quantitative estimate of drug-likeness (QED) is 0.572. The van der Waals surface area contributed by atoms with Crippen molar-refractivity contribution in [1.82, 2.24) is 9.97 Å². The minimum Gasteiger partial charge on any atom is -0.369 e. The monoisotopic (exact) mass is 329 g/mol. The highest BCUT2D eigenvalue weighted by Gasteiger charge is 2.18. The number of benzene rings is 1. The lowest BCUT2D eigenvalue weighted by atomic mass is 10.2. The summed E-state index contributed by atoms with van der Waals surface area (Å²) in [5.41, 5.74) is 6.59. The molecule has 2 heterocycles. The average Bonchev–Trinajstić information content (AvgIpc) is 2.98. The third-order valence-electron chi connectivity index (χ3n) is 3.29. The zero-order valence-corrected chi connectivity index (χ0v) is 13.7. The van der Waals surface area contributed by atoms with Crippen LogP contribution in [-0.2, 0) is 4.79 Å². The molecule has 0 saturated carbocycles. The van der Waals surface area contributed by atoms with Gasteiger partial charge in [-0.3, -0.25) is 4.79 Å². The molecule has 22 heavy (non-hydrogen) atoms. The maximum Gasteiger partial charge on any atom is 0.230 e. The number of amides is 1. The fourth-order valence-electron chi connectivity index (χ4n) is 2.15. The van der Waals surface area contributed by atoms with Gasteiger partial charge < -0.3 is 5.73 Å². The van der Waals surface area contributed by atoms with E-state index in [0.717, 1.165) is 25.7 Å². The Morgan fingerprint density at radius 3 is 2.77 bits per heavy atom. The highest BCUT2D eigenvalue weighted by atomic mass is 32.2. The SMILES string of the molecule is CCC(Sc1ncnc2sc(-c3ccccc3)cc12)C(N)=O. The van der Waals surface area contributed by atoms with Crippen LogP contribution in [0.25, 0.3) is 20.7 Å². The number of carbonyl (C=O) groups is 1. The van der Waals surface area contributed by atoms with Crippen LogP contribution in [-0.4, -0.2) is 21.1 Å². The van der Waals surface area contributed by atoms with Crippen molar-refractivity contribution in [2.24, 2.45) is 5.73 Å². The summed E-state index contributed by atoms with van der Waals surface area (Å²) in [5.74, 6) is -0.308. The van der Waals surface area contributed by atoms with Crippen molar-refractivity contribution < 1.29 is 4.79 Å². The smallest absolute Gasteiger partial charge is 0.230 e. The average molecular weight is 329 g/mol. The van der Waals surface area contributed by atoms with Gasteiger partial charge in [-0.15, -0.1) is 11.3 Å². The number of hydrogen-bond donors (Lipinski definition) is 1. The van der Waals surface area contributed by atoms with E-state index in [-0.39, 0.29) is 11.2 Å². The molecule has 0 bridgehead atoms. The van der Waals surface area contributed by atoms with Crippen LogP contribution in [0.3, 0.4) is 0 Å². The number of carbonyl (C=O) groups excluding carboxylic acids is 1. The van der Waals surface area contributed by atoms with Crippen molar-refractivity contribution in [2.75, 3.05) is 0 Å². The molecule has 0 fully saturated rings. The van der Waals surface area contributed by atoms with E-state index in [0.29, 0.717) is 6.42 Å². The Bertz CT molecular complexity index is 802. The molecule has 2 N–H and O–H groups in total. The summed E-state index contributed by atoms with van der Waals surface area (Å²) in [7, 11) is 0. The van der Waals surface area contributed by atoms with Gasteiger partial charge in [0, 0.05) is 10.3 Å². The van der Waals surface area contributed by atoms with Crippen molar-refractivity contribution >= 4 is 39.2 Å². The van der Waals surface area contributed by atoms with Gasteiger partial charge in [-0.25, -0.2) is 9.97 Å². The topological polar surface area (TPSA) is 68.9 Å². The number of nitrogens with two attached hydrogens (primary N) is 1. The first-order valence-electron chi connectivity index (χ1n) is 6.95.